The van der Waals surface area contributed by atoms with E-state index in [4.69, 9.17) is 4.42 Å². The number of hydrogen-bond donors (Lipinski definition) is 1. The van der Waals surface area contributed by atoms with Gasteiger partial charge in [0.05, 0.1) is 6.26 Å². The molecule has 0 radical (unpaired) electrons. The summed E-state index contributed by atoms with van der Waals surface area (Å²) in [5.41, 5.74) is -1.28. The molecular formula is C14H12BrFO3. The molecule has 1 unspecified atom stereocenters. The Morgan fingerprint density at radius 2 is 2.16 bits per heavy atom. The molecule has 0 bridgehead atoms. The van der Waals surface area contributed by atoms with E-state index >= 15 is 0 Å². The minimum atomic E-state index is -1.40. The second-order valence-corrected chi connectivity index (χ2v) is 5.34. The van der Waals surface area contributed by atoms with Gasteiger partial charge in [-0.05, 0) is 31.2 Å². The van der Waals surface area contributed by atoms with Gasteiger partial charge in [0.2, 0.25) is 0 Å². The maximum Gasteiger partial charge on any atom is 0.314 e. The lowest BCUT2D eigenvalue weighted by atomic mass is 9.78. The Balaban J connectivity index is 2.53. The first-order chi connectivity index (χ1) is 8.95. The van der Waals surface area contributed by atoms with Crippen LogP contribution < -0.4 is 0 Å². The normalized spacial score (nSPS) is 14.1. The van der Waals surface area contributed by atoms with Crippen LogP contribution in [0.5, 0.6) is 0 Å². The highest BCUT2D eigenvalue weighted by Gasteiger charge is 2.40. The first kappa shape index (κ1) is 13.8. The largest absolute Gasteiger partial charge is 0.481 e. The summed E-state index contributed by atoms with van der Waals surface area (Å²) in [5.74, 6) is -1.15. The smallest absolute Gasteiger partial charge is 0.314 e. The van der Waals surface area contributed by atoms with Gasteiger partial charge in [0.15, 0.2) is 0 Å². The summed E-state index contributed by atoms with van der Waals surface area (Å²) < 4.78 is 19.6. The fourth-order valence-corrected chi connectivity index (χ4v) is 2.84. The number of benzene rings is 1. The molecule has 0 aliphatic rings. The van der Waals surface area contributed by atoms with Crippen molar-refractivity contribution in [3.63, 3.8) is 0 Å². The number of halogens is 2. The van der Waals surface area contributed by atoms with Gasteiger partial charge in [-0.25, -0.2) is 4.39 Å². The van der Waals surface area contributed by atoms with E-state index in [0.29, 0.717) is 10.2 Å². The van der Waals surface area contributed by atoms with E-state index in [9.17, 15) is 14.3 Å². The van der Waals surface area contributed by atoms with Gasteiger partial charge in [0, 0.05) is 16.5 Å². The summed E-state index contributed by atoms with van der Waals surface area (Å²) in [6, 6.07) is 7.76. The maximum atomic E-state index is 14.0. The van der Waals surface area contributed by atoms with E-state index in [0.717, 1.165) is 0 Å². The Morgan fingerprint density at radius 1 is 1.42 bits per heavy atom. The average Bonchev–Trinajstić information content (AvgIpc) is 2.81. The predicted molar refractivity (Wildman–Crippen MR) is 71.5 cm³/mol. The summed E-state index contributed by atoms with van der Waals surface area (Å²) in [7, 11) is 0. The minimum Gasteiger partial charge on any atom is -0.481 e. The van der Waals surface area contributed by atoms with Crippen LogP contribution >= 0.6 is 15.9 Å². The highest BCUT2D eigenvalue weighted by molar-refractivity contribution is 9.10. The lowest BCUT2D eigenvalue weighted by Gasteiger charge is -2.26. The highest BCUT2D eigenvalue weighted by Crippen LogP contribution is 2.35. The van der Waals surface area contributed by atoms with Crippen LogP contribution in [0.25, 0.3) is 0 Å². The molecule has 2 aromatic rings. The zero-order valence-corrected chi connectivity index (χ0v) is 11.8. The van der Waals surface area contributed by atoms with Crippen molar-refractivity contribution in [2.45, 2.75) is 18.8 Å². The van der Waals surface area contributed by atoms with Crippen molar-refractivity contribution in [3.05, 3.63) is 58.2 Å². The molecule has 1 heterocycles. The molecule has 0 saturated carbocycles. The van der Waals surface area contributed by atoms with Gasteiger partial charge < -0.3 is 9.52 Å². The first-order valence-corrected chi connectivity index (χ1v) is 6.44. The van der Waals surface area contributed by atoms with Gasteiger partial charge in [-0.2, -0.15) is 0 Å². The molecule has 100 valence electrons. The molecule has 3 nitrogen and oxygen atoms in total. The first-order valence-electron chi connectivity index (χ1n) is 5.65. The van der Waals surface area contributed by atoms with Crippen LogP contribution in [0.2, 0.25) is 0 Å². The van der Waals surface area contributed by atoms with Crippen LogP contribution in [-0.2, 0) is 16.6 Å². The molecule has 0 aliphatic heterocycles. The van der Waals surface area contributed by atoms with E-state index < -0.39 is 17.2 Å². The summed E-state index contributed by atoms with van der Waals surface area (Å²) in [5, 5.41) is 9.50. The fourth-order valence-electron chi connectivity index (χ4n) is 2.06. The molecule has 1 aromatic heterocycles. The van der Waals surface area contributed by atoms with Crippen molar-refractivity contribution in [3.8, 4) is 0 Å². The Morgan fingerprint density at radius 3 is 2.68 bits per heavy atom. The molecule has 0 saturated heterocycles. The number of hydrogen-bond acceptors (Lipinski definition) is 2. The lowest BCUT2D eigenvalue weighted by molar-refractivity contribution is -0.143. The van der Waals surface area contributed by atoms with Crippen LogP contribution in [0.4, 0.5) is 4.39 Å². The lowest BCUT2D eigenvalue weighted by Crippen LogP contribution is -2.36. The standard InChI is InChI=1S/C14H12BrFO3/c1-14(13(17)18,8-9-4-3-7-19-9)12-10(15)5-2-6-11(12)16/h2-7H,8H2,1H3,(H,17,18). The van der Waals surface area contributed by atoms with Crippen LogP contribution in [0.15, 0.2) is 45.5 Å². The van der Waals surface area contributed by atoms with Crippen LogP contribution in [0.1, 0.15) is 18.2 Å². The number of carboxylic acid groups (broad SMARTS) is 1. The van der Waals surface area contributed by atoms with Crippen molar-refractivity contribution in [1.82, 2.24) is 0 Å². The molecule has 19 heavy (non-hydrogen) atoms. The van der Waals surface area contributed by atoms with Gasteiger partial charge in [0.25, 0.3) is 0 Å². The zero-order chi connectivity index (χ0) is 14.0. The molecule has 1 N–H and O–H groups in total. The van der Waals surface area contributed by atoms with E-state index in [1.54, 1.807) is 18.2 Å². The Labute approximate surface area is 118 Å². The zero-order valence-electron chi connectivity index (χ0n) is 10.2. The van der Waals surface area contributed by atoms with Gasteiger partial charge in [-0.3, -0.25) is 4.79 Å². The number of rotatable bonds is 4. The highest BCUT2D eigenvalue weighted by atomic mass is 79.9. The number of aliphatic carboxylic acids is 1. The van der Waals surface area contributed by atoms with Crippen LogP contribution in [-0.4, -0.2) is 11.1 Å². The van der Waals surface area contributed by atoms with Crippen LogP contribution in [0.3, 0.4) is 0 Å². The van der Waals surface area contributed by atoms with E-state index in [-0.39, 0.29) is 12.0 Å². The van der Waals surface area contributed by atoms with Crippen molar-refractivity contribution in [2.24, 2.45) is 0 Å². The van der Waals surface area contributed by atoms with Gasteiger partial charge in [0.1, 0.15) is 17.0 Å². The van der Waals surface area contributed by atoms with Crippen molar-refractivity contribution >= 4 is 21.9 Å². The summed E-state index contributed by atoms with van der Waals surface area (Å²) in [6.07, 6.45) is 1.54. The number of carbonyl (C=O) groups is 1. The number of furan rings is 1. The Bertz CT molecular complexity index is 574. The third-order valence-corrected chi connectivity index (χ3v) is 3.76. The van der Waals surface area contributed by atoms with E-state index in [1.807, 2.05) is 0 Å². The summed E-state index contributed by atoms with van der Waals surface area (Å²) in [4.78, 5) is 11.6. The third-order valence-electron chi connectivity index (χ3n) is 3.09. The minimum absolute atomic E-state index is 0.0782. The topological polar surface area (TPSA) is 50.4 Å². The van der Waals surface area contributed by atoms with Gasteiger partial charge in [-0.1, -0.05) is 22.0 Å². The molecule has 0 aliphatic carbocycles. The van der Waals surface area contributed by atoms with Gasteiger partial charge >= 0.3 is 5.97 Å². The molecule has 1 atom stereocenters. The molecule has 1 aromatic carbocycles. The fraction of sp³-hybridized carbons (Fsp3) is 0.214. The van der Waals surface area contributed by atoms with Gasteiger partial charge in [-0.15, -0.1) is 0 Å². The SMILES string of the molecule is CC(Cc1ccco1)(C(=O)O)c1c(F)cccc1Br. The molecule has 0 fully saturated rings. The predicted octanol–water partition coefficient (Wildman–Crippen LogP) is 3.77. The second kappa shape index (κ2) is 5.17. The van der Waals surface area contributed by atoms with Crippen molar-refractivity contribution in [2.75, 3.05) is 0 Å². The second-order valence-electron chi connectivity index (χ2n) is 4.49. The van der Waals surface area contributed by atoms with Crippen LogP contribution in [0, 0.1) is 5.82 Å². The molecule has 0 amide bonds. The quantitative estimate of drug-likeness (QED) is 0.930. The van der Waals surface area contributed by atoms with E-state index in [2.05, 4.69) is 15.9 Å². The summed E-state index contributed by atoms with van der Waals surface area (Å²) >= 11 is 3.22. The third kappa shape index (κ3) is 2.56. The molecule has 0 spiro atoms. The molecule has 5 heteroatoms. The molecular weight excluding hydrogens is 315 g/mol. The van der Waals surface area contributed by atoms with Crippen molar-refractivity contribution in [1.29, 1.82) is 0 Å². The van der Waals surface area contributed by atoms with Crippen molar-refractivity contribution < 1.29 is 18.7 Å². The number of carboxylic acids is 1. The average molecular weight is 327 g/mol. The Hall–Kier alpha value is -1.62. The Kier molecular flexibility index (Phi) is 3.75. The summed E-state index contributed by atoms with van der Waals surface area (Å²) in [6.45, 7) is 1.49. The monoisotopic (exact) mass is 326 g/mol. The maximum absolute atomic E-state index is 14.0. The van der Waals surface area contributed by atoms with E-state index in [1.165, 1.54) is 25.3 Å². The molecule has 2 rings (SSSR count).